The summed E-state index contributed by atoms with van der Waals surface area (Å²) in [4.78, 5) is 38.4. The van der Waals surface area contributed by atoms with Crippen LogP contribution in [0.4, 0.5) is 0 Å². The summed E-state index contributed by atoms with van der Waals surface area (Å²) in [5, 5.41) is 16.7. The molecule has 0 saturated heterocycles. The van der Waals surface area contributed by atoms with E-state index in [1.54, 1.807) is 14.2 Å². The molecule has 2 amide bonds. The number of hydrogen-bond donors (Lipinski definition) is 3. The van der Waals surface area contributed by atoms with Gasteiger partial charge in [-0.1, -0.05) is 33.6 Å². The number of methoxy groups -OCH3 is 2. The minimum atomic E-state index is -0.941. The molecule has 7 atom stereocenters. The largest absolute Gasteiger partial charge is 0.481 e. The molecule has 8 nitrogen and oxygen atoms in total. The van der Waals surface area contributed by atoms with E-state index in [4.69, 9.17) is 9.47 Å². The Morgan fingerprint density at radius 1 is 0.905 bits per heavy atom. The maximum atomic E-state index is 13.5. The van der Waals surface area contributed by atoms with Gasteiger partial charge in [-0.15, -0.1) is 0 Å². The molecule has 3 rings (SSSR count). The molecule has 242 valence electrons. The van der Waals surface area contributed by atoms with Gasteiger partial charge in [0.15, 0.2) is 0 Å². The summed E-state index contributed by atoms with van der Waals surface area (Å²) < 4.78 is 11.2. The van der Waals surface area contributed by atoms with Gasteiger partial charge in [0.25, 0.3) is 0 Å². The Hall–Kier alpha value is -1.32. The van der Waals surface area contributed by atoms with E-state index < -0.39 is 17.9 Å². The molecule has 3 aliphatic carbocycles. The standard InChI is InChI=1S/C33H58N2O6S/c1-21(2)16-25(33(39)35-27(19-32(37)38)24-12-15-28(40-4)29(17-24)41-5)18-31(36)34-26-13-10-23(11-14-26)20-42-30-9-7-6-8-22(30)3/h21-30H,6-20H2,1-5H3,(H,34,36)(H,35,39)(H,37,38)/t22?,23?,24?,25?,26?,27-,28?,29?,30?/m0/s1. The fraction of sp³-hybridized carbons (Fsp3) is 0.909. The van der Waals surface area contributed by atoms with Crippen LogP contribution < -0.4 is 10.6 Å². The molecule has 3 fully saturated rings. The molecule has 3 saturated carbocycles. The first-order chi connectivity index (χ1) is 20.1. The average Bonchev–Trinajstić information content (AvgIpc) is 2.96. The van der Waals surface area contributed by atoms with Gasteiger partial charge in [-0.05, 0) is 93.6 Å². The van der Waals surface area contributed by atoms with Crippen molar-refractivity contribution in [3.8, 4) is 0 Å². The first-order valence-electron chi connectivity index (χ1n) is 16.6. The monoisotopic (exact) mass is 610 g/mol. The Morgan fingerprint density at radius 2 is 1.60 bits per heavy atom. The Kier molecular flexibility index (Phi) is 14.9. The van der Waals surface area contributed by atoms with Gasteiger partial charge in [0.1, 0.15) is 0 Å². The van der Waals surface area contributed by atoms with Gasteiger partial charge in [0.05, 0.1) is 18.6 Å². The quantitative estimate of drug-likeness (QED) is 0.214. The predicted molar refractivity (Wildman–Crippen MR) is 168 cm³/mol. The number of carboxylic acid groups (broad SMARTS) is 1. The Bertz CT molecular complexity index is 848. The Morgan fingerprint density at radius 3 is 2.21 bits per heavy atom. The second-order valence-electron chi connectivity index (χ2n) is 13.8. The van der Waals surface area contributed by atoms with Gasteiger partial charge >= 0.3 is 5.97 Å². The highest BCUT2D eigenvalue weighted by Crippen LogP contribution is 2.37. The van der Waals surface area contributed by atoms with Crippen molar-refractivity contribution in [2.75, 3.05) is 20.0 Å². The number of carbonyl (C=O) groups is 3. The van der Waals surface area contributed by atoms with Gasteiger partial charge in [-0.2, -0.15) is 11.8 Å². The highest BCUT2D eigenvalue weighted by atomic mass is 32.2. The fourth-order valence-electron chi connectivity index (χ4n) is 7.47. The molecule has 3 N–H and O–H groups in total. The van der Waals surface area contributed by atoms with Crippen molar-refractivity contribution in [2.24, 2.45) is 29.6 Å². The third-order valence-corrected chi connectivity index (χ3v) is 11.8. The normalized spacial score (nSPS) is 31.7. The molecule has 0 aliphatic heterocycles. The van der Waals surface area contributed by atoms with Crippen molar-refractivity contribution in [3.63, 3.8) is 0 Å². The lowest BCUT2D eigenvalue weighted by molar-refractivity contribution is -0.139. The van der Waals surface area contributed by atoms with Crippen LogP contribution in [0.3, 0.4) is 0 Å². The van der Waals surface area contributed by atoms with Gasteiger partial charge in [-0.3, -0.25) is 14.4 Å². The Labute approximate surface area is 258 Å². The molecule has 0 heterocycles. The van der Waals surface area contributed by atoms with E-state index in [1.165, 1.54) is 31.4 Å². The molecule has 0 spiro atoms. The molecule has 6 unspecified atom stereocenters. The second kappa shape index (κ2) is 17.8. The molecular weight excluding hydrogens is 552 g/mol. The SMILES string of the molecule is COC1CCC([C@H](CC(=O)O)NC(=O)C(CC(=O)NC2CCC(CSC3CCCCC3C)CC2)CC(C)C)CC1OC. The second-order valence-corrected chi connectivity index (χ2v) is 15.1. The lowest BCUT2D eigenvalue weighted by Gasteiger charge is -2.38. The van der Waals surface area contributed by atoms with Crippen molar-refractivity contribution in [1.29, 1.82) is 0 Å². The third kappa shape index (κ3) is 11.3. The zero-order valence-corrected chi connectivity index (χ0v) is 27.6. The maximum absolute atomic E-state index is 13.5. The first kappa shape index (κ1) is 35.2. The minimum absolute atomic E-state index is 0.0235. The fourth-order valence-corrected chi connectivity index (χ4v) is 9.12. The van der Waals surface area contributed by atoms with E-state index >= 15 is 0 Å². The molecular formula is C33H58N2O6S. The van der Waals surface area contributed by atoms with Crippen LogP contribution in [0.5, 0.6) is 0 Å². The number of ether oxygens (including phenoxy) is 2. The number of amides is 2. The van der Waals surface area contributed by atoms with Crippen molar-refractivity contribution in [3.05, 3.63) is 0 Å². The van der Waals surface area contributed by atoms with Crippen molar-refractivity contribution in [2.45, 2.75) is 140 Å². The Balaban J connectivity index is 1.50. The molecule has 0 aromatic carbocycles. The van der Waals surface area contributed by atoms with Crippen molar-refractivity contribution >= 4 is 29.5 Å². The molecule has 3 aliphatic rings. The van der Waals surface area contributed by atoms with Gasteiger partial charge in [0, 0.05) is 43.9 Å². The third-order valence-electron chi connectivity index (χ3n) is 10.0. The number of carboxylic acids is 1. The van der Waals surface area contributed by atoms with Crippen LogP contribution in [0, 0.1) is 29.6 Å². The molecule has 0 aromatic heterocycles. The summed E-state index contributed by atoms with van der Waals surface area (Å²) in [6.07, 6.45) is 12.4. The molecule has 42 heavy (non-hydrogen) atoms. The molecule has 0 aromatic rings. The number of thioether (sulfide) groups is 1. The summed E-state index contributed by atoms with van der Waals surface area (Å²) in [5.74, 6) is 1.31. The molecule has 0 radical (unpaired) electrons. The van der Waals surface area contributed by atoms with E-state index in [-0.39, 0.29) is 54.7 Å². The highest BCUT2D eigenvalue weighted by Gasteiger charge is 2.37. The first-order valence-corrected chi connectivity index (χ1v) is 17.6. The molecule has 9 heteroatoms. The van der Waals surface area contributed by atoms with Crippen LogP contribution >= 0.6 is 11.8 Å². The van der Waals surface area contributed by atoms with Crippen LogP contribution in [0.2, 0.25) is 0 Å². The zero-order valence-electron chi connectivity index (χ0n) is 26.8. The topological polar surface area (TPSA) is 114 Å². The van der Waals surface area contributed by atoms with Gasteiger partial charge in [-0.25, -0.2) is 0 Å². The van der Waals surface area contributed by atoms with Gasteiger partial charge in [0.2, 0.25) is 11.8 Å². The highest BCUT2D eigenvalue weighted by molar-refractivity contribution is 7.99. The average molecular weight is 611 g/mol. The number of rotatable bonds is 15. The minimum Gasteiger partial charge on any atom is -0.481 e. The van der Waals surface area contributed by atoms with Crippen LogP contribution in [-0.4, -0.2) is 72.4 Å². The van der Waals surface area contributed by atoms with Crippen LogP contribution in [0.1, 0.15) is 111 Å². The van der Waals surface area contributed by atoms with Crippen LogP contribution in [0.25, 0.3) is 0 Å². The van der Waals surface area contributed by atoms with E-state index in [0.29, 0.717) is 12.8 Å². The van der Waals surface area contributed by atoms with Crippen molar-refractivity contribution in [1.82, 2.24) is 10.6 Å². The summed E-state index contributed by atoms with van der Waals surface area (Å²) >= 11 is 2.18. The smallest absolute Gasteiger partial charge is 0.305 e. The number of aliphatic carboxylic acids is 1. The molecule has 0 bridgehead atoms. The lowest BCUT2D eigenvalue weighted by Crippen LogP contribution is -2.49. The lowest BCUT2D eigenvalue weighted by atomic mass is 9.79. The maximum Gasteiger partial charge on any atom is 0.305 e. The van der Waals surface area contributed by atoms with Gasteiger partial charge < -0.3 is 25.2 Å². The van der Waals surface area contributed by atoms with Crippen LogP contribution in [0.15, 0.2) is 0 Å². The number of nitrogens with one attached hydrogen (secondary N) is 2. The van der Waals surface area contributed by atoms with E-state index in [0.717, 1.165) is 55.6 Å². The summed E-state index contributed by atoms with van der Waals surface area (Å²) in [6, 6.07) is -0.329. The number of carbonyl (C=O) groups excluding carboxylic acids is 2. The number of hydrogen-bond acceptors (Lipinski definition) is 6. The van der Waals surface area contributed by atoms with E-state index in [2.05, 4.69) is 43.2 Å². The van der Waals surface area contributed by atoms with E-state index in [1.807, 2.05) is 0 Å². The van der Waals surface area contributed by atoms with Crippen LogP contribution in [-0.2, 0) is 23.9 Å². The van der Waals surface area contributed by atoms with E-state index in [9.17, 15) is 19.5 Å². The predicted octanol–water partition coefficient (Wildman–Crippen LogP) is 5.82. The summed E-state index contributed by atoms with van der Waals surface area (Å²) in [6.45, 7) is 6.51. The van der Waals surface area contributed by atoms with Crippen molar-refractivity contribution < 1.29 is 29.0 Å². The summed E-state index contributed by atoms with van der Waals surface area (Å²) in [5.41, 5.74) is 0. The zero-order chi connectivity index (χ0) is 30.6. The summed E-state index contributed by atoms with van der Waals surface area (Å²) in [7, 11) is 3.31.